The van der Waals surface area contributed by atoms with Gasteiger partial charge >= 0.3 is 0 Å². The molecule has 1 N–H and O–H groups in total. The number of carbonyl (C=O) groups is 1. The minimum absolute atomic E-state index is 0.0431. The molecule has 3 aromatic carbocycles. The third-order valence-electron chi connectivity index (χ3n) is 4.90. The van der Waals surface area contributed by atoms with Crippen LogP contribution in [0.5, 0.6) is 11.5 Å². The molecule has 0 aromatic heterocycles. The summed E-state index contributed by atoms with van der Waals surface area (Å²) in [5, 5.41) is 15.4. The number of hydrogen-bond acceptors (Lipinski definition) is 6. The van der Waals surface area contributed by atoms with Gasteiger partial charge in [0.2, 0.25) is 0 Å². The van der Waals surface area contributed by atoms with E-state index in [4.69, 9.17) is 32.7 Å². The van der Waals surface area contributed by atoms with Gasteiger partial charge in [0, 0.05) is 22.7 Å². The Morgan fingerprint density at radius 2 is 1.82 bits per heavy atom. The predicted octanol–water partition coefficient (Wildman–Crippen LogP) is 5.87. The standard InChI is InChI=1S/C24H21Cl2N3O5/c1-14-8-19(9-15(2)23(14)26)34-13-17-10-16(4-7-22(17)33-3)12-27-28-24(30)20-6-5-18(29(31)32)11-21(20)25/h4-12H,13H2,1-3H3,(H,28,30)/b27-12+. The molecule has 0 radical (unpaired) electrons. The van der Waals surface area contributed by atoms with Gasteiger partial charge in [0.1, 0.15) is 18.1 Å². The van der Waals surface area contributed by atoms with Crippen molar-refractivity contribution in [3.63, 3.8) is 0 Å². The summed E-state index contributed by atoms with van der Waals surface area (Å²) in [6, 6.07) is 12.7. The van der Waals surface area contributed by atoms with Crippen molar-refractivity contribution in [1.82, 2.24) is 5.43 Å². The summed E-state index contributed by atoms with van der Waals surface area (Å²) in [6.45, 7) is 4.08. The molecule has 176 valence electrons. The van der Waals surface area contributed by atoms with Gasteiger partial charge < -0.3 is 9.47 Å². The molecule has 0 saturated heterocycles. The van der Waals surface area contributed by atoms with Crippen molar-refractivity contribution >= 4 is 41.0 Å². The van der Waals surface area contributed by atoms with Crippen LogP contribution in [0.1, 0.15) is 32.6 Å². The minimum atomic E-state index is -0.596. The van der Waals surface area contributed by atoms with Gasteiger partial charge in [0.25, 0.3) is 11.6 Å². The third-order valence-corrected chi connectivity index (χ3v) is 5.81. The van der Waals surface area contributed by atoms with E-state index in [9.17, 15) is 14.9 Å². The molecule has 0 heterocycles. The van der Waals surface area contributed by atoms with Crippen LogP contribution in [-0.4, -0.2) is 24.2 Å². The monoisotopic (exact) mass is 501 g/mol. The fraction of sp³-hybridized carbons (Fsp3) is 0.167. The second-order valence-electron chi connectivity index (χ2n) is 7.35. The molecular formula is C24H21Cl2N3O5. The number of ether oxygens (including phenoxy) is 2. The number of amides is 1. The Morgan fingerprint density at radius 1 is 1.12 bits per heavy atom. The molecule has 0 fully saturated rings. The molecule has 1 amide bonds. The number of nitro benzene ring substituents is 1. The van der Waals surface area contributed by atoms with E-state index in [1.807, 2.05) is 32.0 Å². The number of aryl methyl sites for hydroxylation is 2. The van der Waals surface area contributed by atoms with E-state index in [-0.39, 0.29) is 22.9 Å². The van der Waals surface area contributed by atoms with Crippen molar-refractivity contribution in [3.05, 3.63) is 96.5 Å². The summed E-state index contributed by atoms with van der Waals surface area (Å²) in [4.78, 5) is 22.5. The van der Waals surface area contributed by atoms with Gasteiger partial charge in [-0.2, -0.15) is 5.10 Å². The summed E-state index contributed by atoms with van der Waals surface area (Å²) in [5.74, 6) is 0.732. The van der Waals surface area contributed by atoms with Crippen LogP contribution in [0.15, 0.2) is 53.6 Å². The maximum absolute atomic E-state index is 12.3. The van der Waals surface area contributed by atoms with Crippen molar-refractivity contribution in [2.45, 2.75) is 20.5 Å². The lowest BCUT2D eigenvalue weighted by molar-refractivity contribution is -0.384. The molecule has 8 nitrogen and oxygen atoms in total. The molecule has 0 aliphatic rings. The third kappa shape index (κ3) is 6.03. The Morgan fingerprint density at radius 3 is 2.44 bits per heavy atom. The fourth-order valence-corrected chi connectivity index (χ4v) is 3.54. The van der Waals surface area contributed by atoms with Gasteiger partial charge in [0.05, 0.1) is 28.8 Å². The Hall–Kier alpha value is -3.62. The topological polar surface area (TPSA) is 103 Å². The van der Waals surface area contributed by atoms with Gasteiger partial charge in [-0.3, -0.25) is 14.9 Å². The highest BCUT2D eigenvalue weighted by Gasteiger charge is 2.14. The Kier molecular flexibility index (Phi) is 8.09. The van der Waals surface area contributed by atoms with E-state index in [0.717, 1.165) is 22.8 Å². The molecule has 34 heavy (non-hydrogen) atoms. The first-order valence-corrected chi connectivity index (χ1v) is 10.8. The highest BCUT2D eigenvalue weighted by Crippen LogP contribution is 2.28. The average Bonchev–Trinajstić information content (AvgIpc) is 2.80. The van der Waals surface area contributed by atoms with Gasteiger partial charge in [-0.25, -0.2) is 5.43 Å². The maximum Gasteiger partial charge on any atom is 0.272 e. The number of hydrazone groups is 1. The van der Waals surface area contributed by atoms with E-state index in [2.05, 4.69) is 10.5 Å². The highest BCUT2D eigenvalue weighted by molar-refractivity contribution is 6.34. The summed E-state index contributed by atoms with van der Waals surface area (Å²) < 4.78 is 11.3. The van der Waals surface area contributed by atoms with Gasteiger partial charge in [-0.1, -0.05) is 23.2 Å². The SMILES string of the molecule is COc1ccc(/C=N/NC(=O)c2ccc([N+](=O)[O-])cc2Cl)cc1COc1cc(C)c(Cl)c(C)c1. The molecular weight excluding hydrogens is 481 g/mol. The van der Waals surface area contributed by atoms with Gasteiger partial charge in [0.15, 0.2) is 0 Å². The second kappa shape index (κ2) is 11.0. The molecule has 0 atom stereocenters. The summed E-state index contributed by atoms with van der Waals surface area (Å²) in [7, 11) is 1.57. The number of halogens is 2. The van der Waals surface area contributed by atoms with Gasteiger partial charge in [-0.05, 0) is 66.9 Å². The number of hydrogen-bond donors (Lipinski definition) is 1. The lowest BCUT2D eigenvalue weighted by Gasteiger charge is -2.13. The van der Waals surface area contributed by atoms with Crippen LogP contribution < -0.4 is 14.9 Å². The Labute approximate surface area is 206 Å². The zero-order chi connectivity index (χ0) is 24.8. The van der Waals surface area contributed by atoms with Crippen molar-refractivity contribution in [1.29, 1.82) is 0 Å². The normalized spacial score (nSPS) is 10.9. The van der Waals surface area contributed by atoms with Crippen LogP contribution in [0.2, 0.25) is 10.0 Å². The highest BCUT2D eigenvalue weighted by atomic mass is 35.5. The second-order valence-corrected chi connectivity index (χ2v) is 8.14. The van der Waals surface area contributed by atoms with E-state index in [0.29, 0.717) is 22.1 Å². The minimum Gasteiger partial charge on any atom is -0.496 e. The van der Waals surface area contributed by atoms with Crippen LogP contribution in [-0.2, 0) is 6.61 Å². The average molecular weight is 502 g/mol. The maximum atomic E-state index is 12.3. The van der Waals surface area contributed by atoms with Crippen LogP contribution in [0.4, 0.5) is 5.69 Å². The van der Waals surface area contributed by atoms with Crippen LogP contribution in [0.25, 0.3) is 0 Å². The predicted molar refractivity (Wildman–Crippen MR) is 131 cm³/mol. The van der Waals surface area contributed by atoms with E-state index >= 15 is 0 Å². The molecule has 0 aliphatic carbocycles. The summed E-state index contributed by atoms with van der Waals surface area (Å²) >= 11 is 12.2. The molecule has 0 unspecified atom stereocenters. The lowest BCUT2D eigenvalue weighted by Crippen LogP contribution is -2.18. The number of nitrogens with one attached hydrogen (secondary N) is 1. The molecule has 3 rings (SSSR count). The molecule has 3 aromatic rings. The number of rotatable bonds is 8. The van der Waals surface area contributed by atoms with Crippen molar-refractivity contribution in [2.75, 3.05) is 7.11 Å². The van der Waals surface area contributed by atoms with Gasteiger partial charge in [-0.15, -0.1) is 0 Å². The smallest absolute Gasteiger partial charge is 0.272 e. The number of nitrogens with zero attached hydrogens (tertiary/aromatic N) is 2. The van der Waals surface area contributed by atoms with Crippen LogP contribution in [0.3, 0.4) is 0 Å². The Balaban J connectivity index is 1.70. The quantitative estimate of drug-likeness (QED) is 0.236. The van der Waals surface area contributed by atoms with Crippen molar-refractivity contribution in [2.24, 2.45) is 5.10 Å². The first kappa shape index (κ1) is 25.0. The van der Waals surface area contributed by atoms with Crippen molar-refractivity contribution in [3.8, 4) is 11.5 Å². The number of carbonyl (C=O) groups excluding carboxylic acids is 1. The first-order valence-electron chi connectivity index (χ1n) is 10.0. The number of benzene rings is 3. The largest absolute Gasteiger partial charge is 0.496 e. The molecule has 0 bridgehead atoms. The summed E-state index contributed by atoms with van der Waals surface area (Å²) in [5.41, 5.74) is 5.55. The zero-order valence-corrected chi connectivity index (χ0v) is 20.1. The van der Waals surface area contributed by atoms with E-state index in [1.165, 1.54) is 18.3 Å². The zero-order valence-electron chi connectivity index (χ0n) is 18.6. The lowest BCUT2D eigenvalue weighted by atomic mass is 10.1. The molecule has 0 saturated carbocycles. The first-order chi connectivity index (χ1) is 16.2. The van der Waals surface area contributed by atoms with Crippen molar-refractivity contribution < 1.29 is 19.2 Å². The molecule has 10 heteroatoms. The number of non-ortho nitro benzene ring substituents is 1. The Bertz CT molecular complexity index is 1250. The summed E-state index contributed by atoms with van der Waals surface area (Å²) in [6.07, 6.45) is 1.46. The number of nitro groups is 1. The van der Waals surface area contributed by atoms with E-state index < -0.39 is 10.8 Å². The fourth-order valence-electron chi connectivity index (χ4n) is 3.17. The van der Waals surface area contributed by atoms with Crippen LogP contribution in [0, 0.1) is 24.0 Å². The number of methoxy groups -OCH3 is 1. The van der Waals surface area contributed by atoms with E-state index in [1.54, 1.807) is 19.2 Å². The molecule has 0 spiro atoms. The molecule has 0 aliphatic heterocycles. The van der Waals surface area contributed by atoms with Crippen LogP contribution >= 0.6 is 23.2 Å².